The van der Waals surface area contributed by atoms with Gasteiger partial charge in [0.15, 0.2) is 6.61 Å². The molecule has 1 amide bonds. The van der Waals surface area contributed by atoms with Gasteiger partial charge in [-0.2, -0.15) is 0 Å². The molecular formula is C20H24N2O3. The molecule has 2 aromatic rings. The van der Waals surface area contributed by atoms with Gasteiger partial charge in [-0.25, -0.2) is 0 Å². The molecule has 1 N–H and O–H groups in total. The van der Waals surface area contributed by atoms with Crippen molar-refractivity contribution in [1.29, 1.82) is 0 Å². The summed E-state index contributed by atoms with van der Waals surface area (Å²) < 4.78 is 10.8. The molecule has 0 unspecified atom stereocenters. The Bertz CT molecular complexity index is 682. The van der Waals surface area contributed by atoms with Crippen LogP contribution in [0.3, 0.4) is 0 Å². The molecule has 132 valence electrons. The minimum Gasteiger partial charge on any atom is -0.497 e. The van der Waals surface area contributed by atoms with Crippen LogP contribution in [0.4, 0.5) is 5.69 Å². The molecule has 1 heterocycles. The smallest absolute Gasteiger partial charge is 0.260 e. The largest absolute Gasteiger partial charge is 0.497 e. The van der Waals surface area contributed by atoms with Crippen molar-refractivity contribution in [3.05, 3.63) is 54.6 Å². The van der Waals surface area contributed by atoms with E-state index in [0.29, 0.717) is 6.04 Å². The highest BCUT2D eigenvalue weighted by molar-refractivity contribution is 5.77. The van der Waals surface area contributed by atoms with Crippen molar-refractivity contribution in [1.82, 2.24) is 4.90 Å². The van der Waals surface area contributed by atoms with Crippen LogP contribution in [0.15, 0.2) is 54.6 Å². The third-order valence-corrected chi connectivity index (χ3v) is 4.39. The van der Waals surface area contributed by atoms with Gasteiger partial charge in [-0.1, -0.05) is 24.3 Å². The molecule has 0 bridgehead atoms. The Morgan fingerprint density at radius 2 is 1.80 bits per heavy atom. The summed E-state index contributed by atoms with van der Waals surface area (Å²) in [6, 6.07) is 17.7. The number of piperidine rings is 1. The number of carbonyl (C=O) groups is 1. The van der Waals surface area contributed by atoms with E-state index in [-0.39, 0.29) is 12.5 Å². The van der Waals surface area contributed by atoms with Crippen molar-refractivity contribution in [2.75, 3.05) is 32.1 Å². The second-order valence-electron chi connectivity index (χ2n) is 6.13. The summed E-state index contributed by atoms with van der Waals surface area (Å²) >= 11 is 0. The molecule has 0 atom stereocenters. The first-order valence-corrected chi connectivity index (χ1v) is 8.61. The fraction of sp³-hybridized carbons (Fsp3) is 0.350. The SMILES string of the molecule is COc1cccc(NC2CCN(C(=O)COc3ccccc3)CC2)c1. The van der Waals surface area contributed by atoms with Gasteiger partial charge in [-0.15, -0.1) is 0 Å². The number of hydrogen-bond donors (Lipinski definition) is 1. The Hall–Kier alpha value is -2.69. The van der Waals surface area contributed by atoms with E-state index in [2.05, 4.69) is 5.32 Å². The summed E-state index contributed by atoms with van der Waals surface area (Å²) in [5.74, 6) is 1.62. The minimum atomic E-state index is 0.0451. The second-order valence-corrected chi connectivity index (χ2v) is 6.13. The topological polar surface area (TPSA) is 50.8 Å². The maximum atomic E-state index is 12.3. The lowest BCUT2D eigenvalue weighted by atomic mass is 10.0. The van der Waals surface area contributed by atoms with Crippen LogP contribution in [0.25, 0.3) is 0 Å². The van der Waals surface area contributed by atoms with Crippen LogP contribution in [-0.2, 0) is 4.79 Å². The van der Waals surface area contributed by atoms with Gasteiger partial charge < -0.3 is 19.7 Å². The van der Waals surface area contributed by atoms with E-state index in [4.69, 9.17) is 9.47 Å². The first-order chi connectivity index (χ1) is 12.2. The monoisotopic (exact) mass is 340 g/mol. The van der Waals surface area contributed by atoms with Crippen LogP contribution in [-0.4, -0.2) is 43.7 Å². The summed E-state index contributed by atoms with van der Waals surface area (Å²) in [4.78, 5) is 14.2. The maximum Gasteiger partial charge on any atom is 0.260 e. The third-order valence-electron chi connectivity index (χ3n) is 4.39. The summed E-state index contributed by atoms with van der Waals surface area (Å²) in [7, 11) is 1.67. The standard InChI is InChI=1S/C20H24N2O3/c1-24-19-9-5-6-17(14-19)21-16-10-12-22(13-11-16)20(23)15-25-18-7-3-2-4-8-18/h2-9,14,16,21H,10-13,15H2,1H3. The zero-order valence-electron chi connectivity index (χ0n) is 14.5. The predicted molar refractivity (Wildman–Crippen MR) is 98.2 cm³/mol. The van der Waals surface area contributed by atoms with Gasteiger partial charge in [0.1, 0.15) is 11.5 Å². The first-order valence-electron chi connectivity index (χ1n) is 8.61. The lowest BCUT2D eigenvalue weighted by Gasteiger charge is -2.33. The summed E-state index contributed by atoms with van der Waals surface area (Å²) in [6.07, 6.45) is 1.85. The minimum absolute atomic E-state index is 0.0451. The Kier molecular flexibility index (Phi) is 5.77. The molecule has 0 saturated carbocycles. The molecule has 5 heteroatoms. The fourth-order valence-electron chi connectivity index (χ4n) is 2.97. The molecule has 0 radical (unpaired) electrons. The second kappa shape index (κ2) is 8.42. The predicted octanol–water partition coefficient (Wildman–Crippen LogP) is 3.18. The number of nitrogens with one attached hydrogen (secondary N) is 1. The number of likely N-dealkylation sites (tertiary alicyclic amines) is 1. The zero-order chi connectivity index (χ0) is 17.5. The van der Waals surface area contributed by atoms with Crippen LogP contribution >= 0.6 is 0 Å². The first kappa shape index (κ1) is 17.1. The average Bonchev–Trinajstić information content (AvgIpc) is 2.67. The van der Waals surface area contributed by atoms with Crippen molar-refractivity contribution in [3.63, 3.8) is 0 Å². The van der Waals surface area contributed by atoms with Crippen LogP contribution in [0.1, 0.15) is 12.8 Å². The molecule has 0 aliphatic carbocycles. The number of amides is 1. The highest BCUT2D eigenvalue weighted by Gasteiger charge is 2.23. The van der Waals surface area contributed by atoms with Gasteiger partial charge in [0.05, 0.1) is 7.11 Å². The lowest BCUT2D eigenvalue weighted by molar-refractivity contribution is -0.134. The van der Waals surface area contributed by atoms with Gasteiger partial charge in [-0.3, -0.25) is 4.79 Å². The summed E-state index contributed by atoms with van der Waals surface area (Å²) in [5, 5.41) is 3.52. The molecule has 1 aliphatic heterocycles. The van der Waals surface area contributed by atoms with Gasteiger partial charge in [0.2, 0.25) is 0 Å². The van der Waals surface area contributed by atoms with Crippen molar-refractivity contribution in [2.45, 2.75) is 18.9 Å². The van der Waals surface area contributed by atoms with Crippen molar-refractivity contribution >= 4 is 11.6 Å². The number of rotatable bonds is 6. The number of para-hydroxylation sites is 1. The molecule has 0 aromatic heterocycles. The van der Waals surface area contributed by atoms with Crippen molar-refractivity contribution in [3.8, 4) is 11.5 Å². The van der Waals surface area contributed by atoms with E-state index in [1.54, 1.807) is 7.11 Å². The highest BCUT2D eigenvalue weighted by Crippen LogP contribution is 2.21. The van der Waals surface area contributed by atoms with Gasteiger partial charge >= 0.3 is 0 Å². The zero-order valence-corrected chi connectivity index (χ0v) is 14.5. The number of ether oxygens (including phenoxy) is 2. The molecular weight excluding hydrogens is 316 g/mol. The number of carbonyl (C=O) groups excluding carboxylic acids is 1. The summed E-state index contributed by atoms with van der Waals surface area (Å²) in [6.45, 7) is 1.59. The number of methoxy groups -OCH3 is 1. The van der Waals surface area contributed by atoms with Crippen LogP contribution in [0.2, 0.25) is 0 Å². The van der Waals surface area contributed by atoms with E-state index in [1.165, 1.54) is 0 Å². The number of benzene rings is 2. The van der Waals surface area contributed by atoms with E-state index >= 15 is 0 Å². The van der Waals surface area contributed by atoms with Crippen molar-refractivity contribution < 1.29 is 14.3 Å². The molecule has 3 rings (SSSR count). The van der Waals surface area contributed by atoms with Gasteiger partial charge in [0, 0.05) is 30.9 Å². The molecule has 0 spiro atoms. The Morgan fingerprint density at radius 1 is 1.08 bits per heavy atom. The molecule has 5 nitrogen and oxygen atoms in total. The number of hydrogen-bond acceptors (Lipinski definition) is 4. The Morgan fingerprint density at radius 3 is 2.52 bits per heavy atom. The Labute approximate surface area is 148 Å². The number of nitrogens with zero attached hydrogens (tertiary/aromatic N) is 1. The van der Waals surface area contributed by atoms with Crippen LogP contribution < -0.4 is 14.8 Å². The highest BCUT2D eigenvalue weighted by atomic mass is 16.5. The van der Waals surface area contributed by atoms with Crippen LogP contribution in [0, 0.1) is 0 Å². The van der Waals surface area contributed by atoms with E-state index in [1.807, 2.05) is 59.5 Å². The maximum absolute atomic E-state index is 12.3. The molecule has 2 aromatic carbocycles. The molecule has 25 heavy (non-hydrogen) atoms. The van der Waals surface area contributed by atoms with E-state index in [9.17, 15) is 4.79 Å². The normalized spacial score (nSPS) is 14.8. The van der Waals surface area contributed by atoms with Crippen LogP contribution in [0.5, 0.6) is 11.5 Å². The van der Waals surface area contributed by atoms with E-state index in [0.717, 1.165) is 43.1 Å². The van der Waals surface area contributed by atoms with Gasteiger partial charge in [-0.05, 0) is 37.1 Å². The van der Waals surface area contributed by atoms with Crippen molar-refractivity contribution in [2.24, 2.45) is 0 Å². The molecule has 1 saturated heterocycles. The summed E-state index contributed by atoms with van der Waals surface area (Å²) in [5.41, 5.74) is 1.05. The third kappa shape index (κ3) is 4.89. The quantitative estimate of drug-likeness (QED) is 0.877. The number of anilines is 1. The van der Waals surface area contributed by atoms with Gasteiger partial charge in [0.25, 0.3) is 5.91 Å². The molecule has 1 aliphatic rings. The fourth-order valence-corrected chi connectivity index (χ4v) is 2.97. The molecule has 1 fully saturated rings. The average molecular weight is 340 g/mol. The Balaban J connectivity index is 1.44. The lowest BCUT2D eigenvalue weighted by Crippen LogP contribution is -2.44. The van der Waals surface area contributed by atoms with E-state index < -0.39 is 0 Å².